The number of hydrogen-bond donors (Lipinski definition) is 2. The lowest BCUT2D eigenvalue weighted by atomic mass is 9.94. The second kappa shape index (κ2) is 6.09. The molecule has 1 amide bonds. The molecule has 7 heteroatoms. The standard InChI is InChI=1S/C17H20N6O/c18-17(24)14-11-21-23-6-4-12(8-15(14)23)9-19-10-13-2-1-3-16-20-5-7-22(13)16/h1-3,5,7,11-12,19H,4,6,8-10H2,(H2,18,24)/t12-/m1/s1. The largest absolute Gasteiger partial charge is 0.365 e. The molecule has 3 aromatic rings. The summed E-state index contributed by atoms with van der Waals surface area (Å²) in [5.41, 5.74) is 9.10. The van der Waals surface area contributed by atoms with E-state index in [9.17, 15) is 4.79 Å². The molecule has 1 aliphatic rings. The van der Waals surface area contributed by atoms with Crippen molar-refractivity contribution < 1.29 is 4.79 Å². The van der Waals surface area contributed by atoms with E-state index in [1.54, 1.807) is 6.20 Å². The number of hydrogen-bond acceptors (Lipinski definition) is 4. The fraction of sp³-hybridized carbons (Fsp3) is 0.353. The number of aryl methyl sites for hydroxylation is 1. The average Bonchev–Trinajstić information content (AvgIpc) is 3.21. The van der Waals surface area contributed by atoms with Gasteiger partial charge in [0.1, 0.15) is 5.65 Å². The van der Waals surface area contributed by atoms with Gasteiger partial charge >= 0.3 is 0 Å². The maximum Gasteiger partial charge on any atom is 0.252 e. The van der Waals surface area contributed by atoms with Crippen molar-refractivity contribution in [1.29, 1.82) is 0 Å². The maximum atomic E-state index is 11.5. The summed E-state index contributed by atoms with van der Waals surface area (Å²) in [7, 11) is 0. The van der Waals surface area contributed by atoms with E-state index in [0.717, 1.165) is 43.8 Å². The first-order chi connectivity index (χ1) is 11.7. The third-order valence-corrected chi connectivity index (χ3v) is 4.70. The molecule has 0 bridgehead atoms. The lowest BCUT2D eigenvalue weighted by Crippen LogP contribution is -2.30. The summed E-state index contributed by atoms with van der Waals surface area (Å²) in [6.45, 7) is 2.52. The van der Waals surface area contributed by atoms with Crippen LogP contribution in [0.5, 0.6) is 0 Å². The van der Waals surface area contributed by atoms with Crippen LogP contribution in [-0.4, -0.2) is 31.6 Å². The highest BCUT2D eigenvalue weighted by molar-refractivity contribution is 5.93. The fourth-order valence-electron chi connectivity index (χ4n) is 3.43. The monoisotopic (exact) mass is 324 g/mol. The molecule has 7 nitrogen and oxygen atoms in total. The highest BCUT2D eigenvalue weighted by atomic mass is 16.1. The van der Waals surface area contributed by atoms with Crippen LogP contribution in [0.1, 0.15) is 28.2 Å². The SMILES string of the molecule is NC(=O)c1cnn2c1C[C@H](CNCc1cccc3nccn13)CC2. The number of carbonyl (C=O) groups excluding carboxylic acids is 1. The number of primary amides is 1. The van der Waals surface area contributed by atoms with Crippen LogP contribution in [-0.2, 0) is 19.5 Å². The zero-order valence-electron chi connectivity index (χ0n) is 13.4. The Kier molecular flexibility index (Phi) is 3.78. The number of nitrogens with two attached hydrogens (primary N) is 1. The lowest BCUT2D eigenvalue weighted by Gasteiger charge is -2.24. The second-order valence-electron chi connectivity index (χ2n) is 6.25. The smallest absolute Gasteiger partial charge is 0.252 e. The van der Waals surface area contributed by atoms with Gasteiger partial charge in [0, 0.05) is 31.2 Å². The maximum absolute atomic E-state index is 11.5. The number of pyridine rings is 1. The predicted molar refractivity (Wildman–Crippen MR) is 89.5 cm³/mol. The number of nitrogens with zero attached hydrogens (tertiary/aromatic N) is 4. The van der Waals surface area contributed by atoms with Crippen LogP contribution in [0.4, 0.5) is 0 Å². The summed E-state index contributed by atoms with van der Waals surface area (Å²) < 4.78 is 4.00. The summed E-state index contributed by atoms with van der Waals surface area (Å²) in [5.74, 6) is 0.0888. The normalized spacial score (nSPS) is 17.1. The summed E-state index contributed by atoms with van der Waals surface area (Å²) in [6, 6.07) is 6.12. The van der Waals surface area contributed by atoms with E-state index in [1.807, 2.05) is 29.2 Å². The van der Waals surface area contributed by atoms with Gasteiger partial charge < -0.3 is 15.5 Å². The van der Waals surface area contributed by atoms with E-state index in [1.165, 1.54) is 5.69 Å². The molecule has 4 heterocycles. The molecule has 4 rings (SSSR count). The fourth-order valence-corrected chi connectivity index (χ4v) is 3.43. The molecule has 0 aliphatic carbocycles. The Labute approximate surface area is 139 Å². The van der Waals surface area contributed by atoms with Crippen LogP contribution in [0.25, 0.3) is 5.65 Å². The molecule has 3 N–H and O–H groups in total. The number of rotatable bonds is 5. The van der Waals surface area contributed by atoms with Gasteiger partial charge in [-0.15, -0.1) is 0 Å². The average molecular weight is 324 g/mol. The molecule has 0 fully saturated rings. The van der Waals surface area contributed by atoms with Crippen molar-refractivity contribution in [3.05, 3.63) is 53.7 Å². The van der Waals surface area contributed by atoms with Crippen LogP contribution in [0.15, 0.2) is 36.8 Å². The van der Waals surface area contributed by atoms with E-state index < -0.39 is 5.91 Å². The Bertz CT molecular complexity index is 880. The van der Waals surface area contributed by atoms with Gasteiger partial charge in [0.25, 0.3) is 5.91 Å². The summed E-state index contributed by atoms with van der Waals surface area (Å²) >= 11 is 0. The molecular weight excluding hydrogens is 304 g/mol. The first kappa shape index (κ1) is 14.9. The van der Waals surface area contributed by atoms with Crippen LogP contribution in [0.3, 0.4) is 0 Å². The first-order valence-electron chi connectivity index (χ1n) is 8.18. The van der Waals surface area contributed by atoms with Gasteiger partial charge in [-0.25, -0.2) is 4.98 Å². The number of carbonyl (C=O) groups is 1. The number of imidazole rings is 1. The second-order valence-corrected chi connectivity index (χ2v) is 6.25. The highest BCUT2D eigenvalue weighted by Gasteiger charge is 2.24. The van der Waals surface area contributed by atoms with Crippen LogP contribution in [0, 0.1) is 5.92 Å². The van der Waals surface area contributed by atoms with Crippen LogP contribution in [0.2, 0.25) is 0 Å². The first-order valence-corrected chi connectivity index (χ1v) is 8.18. The zero-order chi connectivity index (χ0) is 16.5. The molecule has 24 heavy (non-hydrogen) atoms. The molecule has 1 aliphatic heterocycles. The topological polar surface area (TPSA) is 90.2 Å². The van der Waals surface area contributed by atoms with Crippen molar-refractivity contribution in [2.45, 2.75) is 25.9 Å². The zero-order valence-corrected chi connectivity index (χ0v) is 13.4. The summed E-state index contributed by atoms with van der Waals surface area (Å²) in [4.78, 5) is 15.8. The molecule has 0 radical (unpaired) electrons. The number of fused-ring (bicyclic) bond motifs is 2. The quantitative estimate of drug-likeness (QED) is 0.732. The van der Waals surface area contributed by atoms with Gasteiger partial charge in [-0.05, 0) is 37.4 Å². The minimum Gasteiger partial charge on any atom is -0.365 e. The molecular formula is C17H20N6O. The van der Waals surface area contributed by atoms with E-state index in [-0.39, 0.29) is 0 Å². The van der Waals surface area contributed by atoms with Crippen molar-refractivity contribution in [3.63, 3.8) is 0 Å². The van der Waals surface area contributed by atoms with E-state index >= 15 is 0 Å². The molecule has 0 spiro atoms. The molecule has 0 saturated carbocycles. The lowest BCUT2D eigenvalue weighted by molar-refractivity contribution is 0.0998. The van der Waals surface area contributed by atoms with E-state index in [4.69, 9.17) is 5.73 Å². The molecule has 0 saturated heterocycles. The van der Waals surface area contributed by atoms with Gasteiger partial charge in [-0.1, -0.05) is 6.07 Å². The molecule has 3 aromatic heterocycles. The third kappa shape index (κ3) is 2.67. The Balaban J connectivity index is 1.39. The highest BCUT2D eigenvalue weighted by Crippen LogP contribution is 2.22. The number of aromatic nitrogens is 4. The van der Waals surface area contributed by atoms with Crippen molar-refractivity contribution in [2.75, 3.05) is 6.54 Å². The Morgan fingerprint density at radius 2 is 2.33 bits per heavy atom. The van der Waals surface area contributed by atoms with Gasteiger partial charge in [-0.3, -0.25) is 9.48 Å². The Morgan fingerprint density at radius 1 is 1.42 bits per heavy atom. The van der Waals surface area contributed by atoms with E-state index in [0.29, 0.717) is 11.5 Å². The Morgan fingerprint density at radius 3 is 3.21 bits per heavy atom. The van der Waals surface area contributed by atoms with Crippen molar-refractivity contribution >= 4 is 11.6 Å². The third-order valence-electron chi connectivity index (χ3n) is 4.70. The van der Waals surface area contributed by atoms with Gasteiger partial charge in [-0.2, -0.15) is 5.10 Å². The van der Waals surface area contributed by atoms with Crippen LogP contribution >= 0.6 is 0 Å². The van der Waals surface area contributed by atoms with Gasteiger partial charge in [0.2, 0.25) is 0 Å². The van der Waals surface area contributed by atoms with Crippen molar-refractivity contribution in [2.24, 2.45) is 11.7 Å². The number of amides is 1. The summed E-state index contributed by atoms with van der Waals surface area (Å²) in [5, 5.41) is 7.78. The van der Waals surface area contributed by atoms with Crippen LogP contribution < -0.4 is 11.1 Å². The molecule has 124 valence electrons. The van der Waals surface area contributed by atoms with Crippen molar-refractivity contribution in [3.8, 4) is 0 Å². The molecule has 0 aromatic carbocycles. The Hall–Kier alpha value is -2.67. The van der Waals surface area contributed by atoms with Crippen molar-refractivity contribution in [1.82, 2.24) is 24.5 Å². The van der Waals surface area contributed by atoms with E-state index in [2.05, 4.69) is 25.9 Å². The predicted octanol–water partition coefficient (Wildman–Crippen LogP) is 0.982. The molecule has 0 unspecified atom stereocenters. The van der Waals surface area contributed by atoms with Gasteiger partial charge in [0.05, 0.1) is 17.5 Å². The minimum absolute atomic E-state index is 0.392. The van der Waals surface area contributed by atoms with Gasteiger partial charge in [0.15, 0.2) is 0 Å². The molecule has 1 atom stereocenters. The summed E-state index contributed by atoms with van der Waals surface area (Å²) in [6.07, 6.45) is 7.26. The number of nitrogens with one attached hydrogen (secondary N) is 1. The minimum atomic E-state index is -0.392.